The number of nitrogens with one attached hydrogen (secondary N) is 1. The van der Waals surface area contributed by atoms with Crippen LogP contribution in [0.1, 0.15) is 30.6 Å². The van der Waals surface area contributed by atoms with Crippen LogP contribution in [0.4, 0.5) is 0 Å². The first-order valence-corrected chi connectivity index (χ1v) is 7.97. The molecule has 0 unspecified atom stereocenters. The number of aliphatic hydroxyl groups excluding tert-OH is 1. The third-order valence-corrected chi connectivity index (χ3v) is 5.12. The SMILES string of the molecule is O=C(Cc1cc(Br)cs1)NC1CCC(CO)CC1. The van der Waals surface area contributed by atoms with Crippen molar-refractivity contribution in [3.63, 3.8) is 0 Å². The molecular formula is C13H18BrNO2S. The molecule has 0 aromatic carbocycles. The highest BCUT2D eigenvalue weighted by atomic mass is 79.9. The monoisotopic (exact) mass is 331 g/mol. The fourth-order valence-corrected chi connectivity index (χ4v) is 3.82. The van der Waals surface area contributed by atoms with Crippen molar-refractivity contribution in [3.05, 3.63) is 20.8 Å². The number of aliphatic hydroxyl groups is 1. The zero-order valence-corrected chi connectivity index (χ0v) is 12.6. The smallest absolute Gasteiger partial charge is 0.225 e. The van der Waals surface area contributed by atoms with E-state index in [1.165, 1.54) is 0 Å². The number of rotatable bonds is 4. The van der Waals surface area contributed by atoms with Gasteiger partial charge in [-0.3, -0.25) is 4.79 Å². The van der Waals surface area contributed by atoms with Crippen LogP contribution >= 0.6 is 27.3 Å². The summed E-state index contributed by atoms with van der Waals surface area (Å²) in [5, 5.41) is 14.2. The van der Waals surface area contributed by atoms with E-state index in [4.69, 9.17) is 5.11 Å². The first kappa shape index (κ1) is 14.0. The number of carbonyl (C=O) groups excluding carboxylic acids is 1. The van der Waals surface area contributed by atoms with Crippen molar-refractivity contribution in [2.45, 2.75) is 38.1 Å². The van der Waals surface area contributed by atoms with E-state index in [1.54, 1.807) is 11.3 Å². The van der Waals surface area contributed by atoms with Gasteiger partial charge >= 0.3 is 0 Å². The summed E-state index contributed by atoms with van der Waals surface area (Å²) < 4.78 is 1.04. The zero-order valence-electron chi connectivity index (χ0n) is 10.2. The molecule has 1 aromatic heterocycles. The van der Waals surface area contributed by atoms with Crippen LogP contribution in [-0.4, -0.2) is 23.7 Å². The molecule has 0 spiro atoms. The average Bonchev–Trinajstić information content (AvgIpc) is 2.75. The topological polar surface area (TPSA) is 49.3 Å². The molecule has 1 heterocycles. The Labute approximate surface area is 120 Å². The van der Waals surface area contributed by atoms with Crippen LogP contribution in [0.5, 0.6) is 0 Å². The van der Waals surface area contributed by atoms with Crippen LogP contribution in [0, 0.1) is 5.92 Å². The second kappa shape index (κ2) is 6.68. The minimum atomic E-state index is 0.108. The second-order valence-electron chi connectivity index (χ2n) is 4.88. The fraction of sp³-hybridized carbons (Fsp3) is 0.615. The normalized spacial score (nSPS) is 23.9. The lowest BCUT2D eigenvalue weighted by Crippen LogP contribution is -2.38. The number of amides is 1. The summed E-state index contributed by atoms with van der Waals surface area (Å²) in [7, 11) is 0. The highest BCUT2D eigenvalue weighted by molar-refractivity contribution is 9.10. The lowest BCUT2D eigenvalue weighted by molar-refractivity contribution is -0.121. The van der Waals surface area contributed by atoms with Gasteiger partial charge in [-0.1, -0.05) is 0 Å². The first-order valence-electron chi connectivity index (χ1n) is 6.30. The van der Waals surface area contributed by atoms with Gasteiger partial charge in [0.05, 0.1) is 6.42 Å². The third-order valence-electron chi connectivity index (χ3n) is 3.43. The fourth-order valence-electron chi connectivity index (χ4n) is 2.37. The summed E-state index contributed by atoms with van der Waals surface area (Å²) in [6.07, 6.45) is 4.49. The summed E-state index contributed by atoms with van der Waals surface area (Å²) in [6.45, 7) is 0.282. The van der Waals surface area contributed by atoms with Crippen LogP contribution in [-0.2, 0) is 11.2 Å². The van der Waals surface area contributed by atoms with Crippen molar-refractivity contribution >= 4 is 33.2 Å². The predicted molar refractivity (Wildman–Crippen MR) is 76.7 cm³/mol. The molecule has 5 heteroatoms. The molecule has 3 nitrogen and oxygen atoms in total. The Morgan fingerprint density at radius 2 is 2.17 bits per heavy atom. The Bertz CT molecular complexity index is 399. The molecule has 1 aliphatic carbocycles. The Morgan fingerprint density at radius 1 is 1.44 bits per heavy atom. The van der Waals surface area contributed by atoms with Crippen molar-refractivity contribution in [2.24, 2.45) is 5.92 Å². The predicted octanol–water partition coefficient (Wildman–Crippen LogP) is 2.72. The van der Waals surface area contributed by atoms with E-state index in [2.05, 4.69) is 21.2 Å². The van der Waals surface area contributed by atoms with Crippen LogP contribution in [0.25, 0.3) is 0 Å². The summed E-state index contributed by atoms with van der Waals surface area (Å²) in [5.41, 5.74) is 0. The summed E-state index contributed by atoms with van der Waals surface area (Å²) in [5.74, 6) is 0.545. The minimum absolute atomic E-state index is 0.108. The van der Waals surface area contributed by atoms with E-state index >= 15 is 0 Å². The maximum absolute atomic E-state index is 11.9. The van der Waals surface area contributed by atoms with E-state index in [1.807, 2.05) is 11.4 Å². The molecule has 100 valence electrons. The quantitative estimate of drug-likeness (QED) is 0.891. The maximum atomic E-state index is 11.9. The Balaban J connectivity index is 1.75. The van der Waals surface area contributed by atoms with Crippen molar-refractivity contribution in [1.82, 2.24) is 5.32 Å². The van der Waals surface area contributed by atoms with Gasteiger partial charge in [0.25, 0.3) is 0 Å². The van der Waals surface area contributed by atoms with Gasteiger partial charge in [0.1, 0.15) is 0 Å². The minimum Gasteiger partial charge on any atom is -0.396 e. The Kier molecular flexibility index (Phi) is 5.21. The molecule has 1 aromatic rings. The highest BCUT2D eigenvalue weighted by Gasteiger charge is 2.21. The molecule has 2 rings (SSSR count). The van der Waals surface area contributed by atoms with Gasteiger partial charge in [-0.15, -0.1) is 11.3 Å². The van der Waals surface area contributed by atoms with E-state index < -0.39 is 0 Å². The number of hydrogen-bond acceptors (Lipinski definition) is 3. The average molecular weight is 332 g/mol. The van der Waals surface area contributed by atoms with Gasteiger partial charge in [0, 0.05) is 27.4 Å². The summed E-state index contributed by atoms with van der Waals surface area (Å²) >= 11 is 4.99. The van der Waals surface area contributed by atoms with Crippen LogP contribution in [0.2, 0.25) is 0 Å². The Hall–Kier alpha value is -0.390. The Morgan fingerprint density at radius 3 is 2.72 bits per heavy atom. The van der Waals surface area contributed by atoms with Gasteiger partial charge in [-0.05, 0) is 53.6 Å². The number of thiophene rings is 1. The van der Waals surface area contributed by atoms with E-state index in [0.29, 0.717) is 18.4 Å². The van der Waals surface area contributed by atoms with E-state index in [9.17, 15) is 4.79 Å². The summed E-state index contributed by atoms with van der Waals surface area (Å²) in [4.78, 5) is 13.0. The van der Waals surface area contributed by atoms with E-state index in [0.717, 1.165) is 35.0 Å². The van der Waals surface area contributed by atoms with Gasteiger partial charge in [0.15, 0.2) is 0 Å². The molecule has 0 aliphatic heterocycles. The van der Waals surface area contributed by atoms with E-state index in [-0.39, 0.29) is 12.5 Å². The summed E-state index contributed by atoms with van der Waals surface area (Å²) in [6, 6.07) is 2.29. The molecule has 1 aliphatic rings. The zero-order chi connectivity index (χ0) is 13.0. The number of halogens is 1. The van der Waals surface area contributed by atoms with Crippen molar-refractivity contribution in [1.29, 1.82) is 0 Å². The molecule has 18 heavy (non-hydrogen) atoms. The largest absolute Gasteiger partial charge is 0.396 e. The molecule has 0 bridgehead atoms. The molecule has 0 radical (unpaired) electrons. The lowest BCUT2D eigenvalue weighted by Gasteiger charge is -2.27. The van der Waals surface area contributed by atoms with Crippen LogP contribution in [0.3, 0.4) is 0 Å². The van der Waals surface area contributed by atoms with Crippen molar-refractivity contribution < 1.29 is 9.90 Å². The molecule has 0 saturated heterocycles. The highest BCUT2D eigenvalue weighted by Crippen LogP contribution is 2.24. The standard InChI is InChI=1S/C13H18BrNO2S/c14-10-5-12(18-8-10)6-13(17)15-11-3-1-9(7-16)2-4-11/h5,8-9,11,16H,1-4,6-7H2,(H,15,17). The maximum Gasteiger partial charge on any atom is 0.225 e. The van der Waals surface area contributed by atoms with Gasteiger partial charge in [0.2, 0.25) is 5.91 Å². The molecule has 1 fully saturated rings. The molecular weight excluding hydrogens is 314 g/mol. The lowest BCUT2D eigenvalue weighted by atomic mass is 9.86. The molecule has 0 atom stereocenters. The molecule has 1 saturated carbocycles. The van der Waals surface area contributed by atoms with Crippen LogP contribution in [0.15, 0.2) is 15.9 Å². The molecule has 1 amide bonds. The second-order valence-corrected chi connectivity index (χ2v) is 6.79. The van der Waals surface area contributed by atoms with Crippen LogP contribution < -0.4 is 5.32 Å². The number of hydrogen-bond donors (Lipinski definition) is 2. The van der Waals surface area contributed by atoms with Crippen molar-refractivity contribution in [2.75, 3.05) is 6.61 Å². The third kappa shape index (κ3) is 4.07. The van der Waals surface area contributed by atoms with Gasteiger partial charge < -0.3 is 10.4 Å². The first-order chi connectivity index (χ1) is 8.67. The number of carbonyl (C=O) groups is 1. The molecule has 2 N–H and O–H groups in total. The van der Waals surface area contributed by atoms with Gasteiger partial charge in [-0.2, -0.15) is 0 Å². The van der Waals surface area contributed by atoms with Crippen molar-refractivity contribution in [3.8, 4) is 0 Å². The van der Waals surface area contributed by atoms with Gasteiger partial charge in [-0.25, -0.2) is 0 Å².